The third-order valence-electron chi connectivity index (χ3n) is 5.14. The number of para-hydroxylation sites is 1. The number of amides is 2. The molecule has 0 saturated heterocycles. The summed E-state index contributed by atoms with van der Waals surface area (Å²) in [5.41, 5.74) is 2.96. The number of anilines is 1. The molecule has 2 heterocycles. The molecule has 2 amide bonds. The zero-order chi connectivity index (χ0) is 20.7. The summed E-state index contributed by atoms with van der Waals surface area (Å²) in [7, 11) is 3.31. The van der Waals surface area contributed by atoms with Crippen LogP contribution in [-0.4, -0.2) is 31.9 Å². The lowest BCUT2D eigenvalue weighted by Crippen LogP contribution is -2.30. The first-order valence-electron chi connectivity index (χ1n) is 9.52. The molecule has 0 atom stereocenters. The number of hydrogen-bond acceptors (Lipinski definition) is 5. The highest BCUT2D eigenvalue weighted by Gasteiger charge is 2.18. The van der Waals surface area contributed by atoms with E-state index in [0.29, 0.717) is 29.3 Å². The molecule has 0 aliphatic carbocycles. The average molecular weight is 404 g/mol. The van der Waals surface area contributed by atoms with E-state index in [0.717, 1.165) is 27.7 Å². The molecule has 152 valence electrons. The minimum atomic E-state index is -0.263. The van der Waals surface area contributed by atoms with E-state index in [4.69, 9.17) is 18.6 Å². The number of rotatable bonds is 4. The number of hydrogen-bond donors (Lipinski definition) is 1. The Labute approximate surface area is 172 Å². The minimum Gasteiger partial charge on any atom is -0.495 e. The number of nitrogens with zero attached hydrogens (tertiary/aromatic N) is 1. The summed E-state index contributed by atoms with van der Waals surface area (Å²) in [5.74, 6) is 1.98. The summed E-state index contributed by atoms with van der Waals surface area (Å²) < 4.78 is 22.2. The largest absolute Gasteiger partial charge is 0.495 e. The second-order valence-corrected chi connectivity index (χ2v) is 7.12. The van der Waals surface area contributed by atoms with E-state index in [-0.39, 0.29) is 12.8 Å². The zero-order valence-electron chi connectivity index (χ0n) is 16.6. The Morgan fingerprint density at radius 3 is 2.73 bits per heavy atom. The Kier molecular flexibility index (Phi) is 4.35. The lowest BCUT2D eigenvalue weighted by atomic mass is 10.1. The Morgan fingerprint density at radius 1 is 1.03 bits per heavy atom. The molecule has 1 aliphatic heterocycles. The predicted molar refractivity (Wildman–Crippen MR) is 113 cm³/mol. The van der Waals surface area contributed by atoms with E-state index in [1.807, 2.05) is 48.5 Å². The van der Waals surface area contributed by atoms with Crippen LogP contribution in [-0.2, 0) is 6.54 Å². The SMILES string of the molecule is COc1cc2c(cc1NC(=O)N(C)Cc1ccc3c(c1)OCO3)oc1ccccc12. The molecule has 7 nitrogen and oxygen atoms in total. The first-order valence-corrected chi connectivity index (χ1v) is 9.52. The van der Waals surface area contributed by atoms with Crippen molar-refractivity contribution in [3.63, 3.8) is 0 Å². The summed E-state index contributed by atoms with van der Waals surface area (Å²) in [6.07, 6.45) is 0. The van der Waals surface area contributed by atoms with Gasteiger partial charge < -0.3 is 28.8 Å². The summed E-state index contributed by atoms with van der Waals surface area (Å²) in [6.45, 7) is 0.636. The minimum absolute atomic E-state index is 0.221. The predicted octanol–water partition coefficient (Wildman–Crippen LogP) is 4.99. The molecule has 4 aromatic rings. The van der Waals surface area contributed by atoms with Crippen LogP contribution in [0.1, 0.15) is 5.56 Å². The monoisotopic (exact) mass is 404 g/mol. The van der Waals surface area contributed by atoms with Crippen LogP contribution in [0.2, 0.25) is 0 Å². The van der Waals surface area contributed by atoms with Crippen LogP contribution in [0, 0.1) is 0 Å². The molecule has 1 aromatic heterocycles. The fraction of sp³-hybridized carbons (Fsp3) is 0.174. The smallest absolute Gasteiger partial charge is 0.321 e. The second-order valence-electron chi connectivity index (χ2n) is 7.12. The highest BCUT2D eigenvalue weighted by molar-refractivity contribution is 6.07. The first-order chi connectivity index (χ1) is 14.6. The maximum absolute atomic E-state index is 12.8. The standard InChI is InChI=1S/C23H20N2O5/c1-25(12-14-7-8-19-22(9-14)29-13-28-19)23(26)24-17-11-20-16(10-21(17)27-2)15-5-3-4-6-18(15)30-20/h3-11H,12-13H2,1-2H3,(H,24,26). The fourth-order valence-electron chi connectivity index (χ4n) is 3.61. The number of methoxy groups -OCH3 is 1. The number of urea groups is 1. The van der Waals surface area contributed by atoms with Gasteiger partial charge in [0.25, 0.3) is 0 Å². The van der Waals surface area contributed by atoms with Crippen LogP contribution >= 0.6 is 0 Å². The van der Waals surface area contributed by atoms with Gasteiger partial charge in [-0.15, -0.1) is 0 Å². The molecule has 5 rings (SSSR count). The summed E-state index contributed by atoms with van der Waals surface area (Å²) in [5, 5.41) is 4.86. The van der Waals surface area contributed by atoms with E-state index < -0.39 is 0 Å². The van der Waals surface area contributed by atoms with Crippen molar-refractivity contribution in [2.45, 2.75) is 6.54 Å². The van der Waals surface area contributed by atoms with Gasteiger partial charge in [0.15, 0.2) is 11.5 Å². The van der Waals surface area contributed by atoms with Crippen LogP contribution < -0.4 is 19.5 Å². The van der Waals surface area contributed by atoms with Crippen molar-refractivity contribution in [3.8, 4) is 17.2 Å². The molecule has 0 bridgehead atoms. The van der Waals surface area contributed by atoms with E-state index in [2.05, 4.69) is 5.32 Å². The Balaban J connectivity index is 1.38. The van der Waals surface area contributed by atoms with Crippen molar-refractivity contribution in [1.29, 1.82) is 0 Å². The Bertz CT molecular complexity index is 1260. The Morgan fingerprint density at radius 2 is 1.87 bits per heavy atom. The maximum atomic E-state index is 12.8. The molecule has 0 unspecified atom stereocenters. The van der Waals surface area contributed by atoms with Crippen LogP contribution in [0.4, 0.5) is 10.5 Å². The van der Waals surface area contributed by atoms with Gasteiger partial charge in [-0.3, -0.25) is 0 Å². The van der Waals surface area contributed by atoms with Crippen molar-refractivity contribution < 1.29 is 23.4 Å². The third kappa shape index (κ3) is 3.14. The topological polar surface area (TPSA) is 73.2 Å². The van der Waals surface area contributed by atoms with Gasteiger partial charge in [0, 0.05) is 30.4 Å². The maximum Gasteiger partial charge on any atom is 0.321 e. The average Bonchev–Trinajstić information content (AvgIpc) is 3.36. The van der Waals surface area contributed by atoms with Gasteiger partial charge in [0.1, 0.15) is 16.9 Å². The molecule has 1 aliphatic rings. The van der Waals surface area contributed by atoms with E-state index in [9.17, 15) is 4.79 Å². The number of nitrogens with one attached hydrogen (secondary N) is 1. The van der Waals surface area contributed by atoms with Gasteiger partial charge in [0.05, 0.1) is 12.8 Å². The molecule has 0 saturated carbocycles. The summed E-state index contributed by atoms with van der Waals surface area (Å²) in [6, 6.07) is 16.9. The molecular formula is C23H20N2O5. The number of furan rings is 1. The normalized spacial score (nSPS) is 12.3. The zero-order valence-corrected chi connectivity index (χ0v) is 16.6. The summed E-state index contributed by atoms with van der Waals surface area (Å²) in [4.78, 5) is 14.4. The van der Waals surface area contributed by atoms with Gasteiger partial charge in [0.2, 0.25) is 6.79 Å². The molecular weight excluding hydrogens is 384 g/mol. The first kappa shape index (κ1) is 18.2. The number of fused-ring (bicyclic) bond motifs is 4. The van der Waals surface area contributed by atoms with E-state index in [1.165, 1.54) is 0 Å². The van der Waals surface area contributed by atoms with Gasteiger partial charge >= 0.3 is 6.03 Å². The molecule has 1 N–H and O–H groups in total. The third-order valence-corrected chi connectivity index (χ3v) is 5.14. The number of benzene rings is 3. The van der Waals surface area contributed by atoms with Crippen LogP contribution in [0.25, 0.3) is 21.9 Å². The van der Waals surface area contributed by atoms with Gasteiger partial charge in [-0.1, -0.05) is 24.3 Å². The van der Waals surface area contributed by atoms with Crippen molar-refractivity contribution in [2.24, 2.45) is 0 Å². The van der Waals surface area contributed by atoms with Gasteiger partial charge in [-0.05, 0) is 29.8 Å². The van der Waals surface area contributed by atoms with Crippen LogP contribution in [0.3, 0.4) is 0 Å². The van der Waals surface area contributed by atoms with Crippen molar-refractivity contribution >= 4 is 33.7 Å². The number of ether oxygens (including phenoxy) is 3. The molecule has 7 heteroatoms. The molecule has 0 radical (unpaired) electrons. The van der Waals surface area contributed by atoms with Crippen molar-refractivity contribution in [1.82, 2.24) is 4.90 Å². The molecule has 3 aromatic carbocycles. The molecule has 0 spiro atoms. The highest BCUT2D eigenvalue weighted by Crippen LogP contribution is 2.36. The lowest BCUT2D eigenvalue weighted by Gasteiger charge is -2.19. The van der Waals surface area contributed by atoms with E-state index in [1.54, 1.807) is 25.1 Å². The fourth-order valence-corrected chi connectivity index (χ4v) is 3.61. The van der Waals surface area contributed by atoms with Gasteiger partial charge in [-0.2, -0.15) is 0 Å². The van der Waals surface area contributed by atoms with Crippen molar-refractivity contribution in [2.75, 3.05) is 26.3 Å². The van der Waals surface area contributed by atoms with Crippen LogP contribution in [0.15, 0.2) is 59.0 Å². The van der Waals surface area contributed by atoms with E-state index >= 15 is 0 Å². The van der Waals surface area contributed by atoms with Crippen molar-refractivity contribution in [3.05, 3.63) is 60.2 Å². The second kappa shape index (κ2) is 7.18. The molecule has 30 heavy (non-hydrogen) atoms. The lowest BCUT2D eigenvalue weighted by molar-refractivity contribution is 0.174. The number of carbonyl (C=O) groups excluding carboxylic acids is 1. The highest BCUT2D eigenvalue weighted by atomic mass is 16.7. The molecule has 0 fully saturated rings. The van der Waals surface area contributed by atoms with Crippen LogP contribution in [0.5, 0.6) is 17.2 Å². The quantitative estimate of drug-likeness (QED) is 0.519. The summed E-state index contributed by atoms with van der Waals surface area (Å²) >= 11 is 0. The number of carbonyl (C=O) groups is 1. The Hall–Kier alpha value is -3.87. The van der Waals surface area contributed by atoms with Gasteiger partial charge in [-0.25, -0.2) is 4.79 Å².